The highest BCUT2D eigenvalue weighted by molar-refractivity contribution is 7.21. The van der Waals surface area contributed by atoms with Gasteiger partial charge in [0.2, 0.25) is 0 Å². The van der Waals surface area contributed by atoms with Gasteiger partial charge < -0.3 is 11.1 Å². The number of carbonyl (C=O) groups is 1. The second kappa shape index (κ2) is 3.92. The van der Waals surface area contributed by atoms with E-state index in [9.17, 15) is 4.79 Å². The number of pyridine rings is 1. The molecule has 102 valence electrons. The number of hydrogen-bond donors (Lipinski definition) is 2. The first-order chi connectivity index (χ1) is 9.65. The fourth-order valence-corrected chi connectivity index (χ4v) is 3.56. The van der Waals surface area contributed by atoms with Crippen molar-refractivity contribution < 1.29 is 4.79 Å². The second-order valence-corrected chi connectivity index (χ2v) is 6.16. The van der Waals surface area contributed by atoms with E-state index in [4.69, 9.17) is 5.73 Å². The van der Waals surface area contributed by atoms with Crippen LogP contribution in [0.5, 0.6) is 0 Å². The molecule has 7 heteroatoms. The molecular weight excluding hydrogens is 274 g/mol. The Morgan fingerprint density at radius 3 is 3.10 bits per heavy atom. The smallest absolute Gasteiger partial charge is 0.263 e. The van der Waals surface area contributed by atoms with Crippen molar-refractivity contribution in [3.05, 3.63) is 22.8 Å². The molecule has 3 aromatic heterocycles. The van der Waals surface area contributed by atoms with Crippen molar-refractivity contribution in [1.82, 2.24) is 19.9 Å². The van der Waals surface area contributed by atoms with E-state index in [0.29, 0.717) is 16.6 Å². The Morgan fingerprint density at radius 1 is 1.55 bits per heavy atom. The molecule has 6 nitrogen and oxygen atoms in total. The van der Waals surface area contributed by atoms with Crippen molar-refractivity contribution in [2.24, 2.45) is 0 Å². The van der Waals surface area contributed by atoms with Crippen LogP contribution in [0.15, 0.2) is 12.4 Å². The molecule has 3 heterocycles. The van der Waals surface area contributed by atoms with Crippen molar-refractivity contribution in [2.45, 2.75) is 25.8 Å². The molecule has 0 aliphatic heterocycles. The van der Waals surface area contributed by atoms with E-state index in [1.165, 1.54) is 11.3 Å². The zero-order valence-corrected chi connectivity index (χ0v) is 11.7. The molecular formula is C13H13N5OS. The number of carbonyl (C=O) groups excluding carboxylic acids is 1. The molecule has 0 radical (unpaired) electrons. The van der Waals surface area contributed by atoms with Crippen molar-refractivity contribution >= 4 is 38.8 Å². The van der Waals surface area contributed by atoms with Gasteiger partial charge in [-0.25, -0.2) is 0 Å². The lowest BCUT2D eigenvalue weighted by Gasteiger charge is -2.02. The summed E-state index contributed by atoms with van der Waals surface area (Å²) in [5.41, 5.74) is 8.53. The van der Waals surface area contributed by atoms with Crippen LogP contribution in [0.2, 0.25) is 0 Å². The third-order valence-corrected chi connectivity index (χ3v) is 4.78. The van der Waals surface area contributed by atoms with Gasteiger partial charge in [0, 0.05) is 11.4 Å². The quantitative estimate of drug-likeness (QED) is 0.751. The average molecular weight is 287 g/mol. The summed E-state index contributed by atoms with van der Waals surface area (Å²) in [6, 6.07) is 2.25. The predicted octanol–water partition coefficient (Wildman–Crippen LogP) is 1.73. The lowest BCUT2D eigenvalue weighted by atomic mass is 10.1. The third kappa shape index (κ3) is 1.59. The predicted molar refractivity (Wildman–Crippen MR) is 78.0 cm³/mol. The van der Waals surface area contributed by atoms with Crippen LogP contribution in [0.3, 0.4) is 0 Å². The first-order valence-electron chi connectivity index (χ1n) is 6.47. The molecule has 4 rings (SSSR count). The highest BCUT2D eigenvalue weighted by Crippen LogP contribution is 2.36. The minimum absolute atomic E-state index is 0.0770. The molecule has 1 aliphatic carbocycles. The van der Waals surface area contributed by atoms with E-state index in [1.807, 2.05) is 17.4 Å². The van der Waals surface area contributed by atoms with E-state index in [1.54, 1.807) is 6.33 Å². The molecule has 20 heavy (non-hydrogen) atoms. The lowest BCUT2D eigenvalue weighted by Crippen LogP contribution is -2.25. The van der Waals surface area contributed by atoms with Gasteiger partial charge in [0.25, 0.3) is 5.91 Å². The van der Waals surface area contributed by atoms with Gasteiger partial charge in [-0.2, -0.15) is 0 Å². The van der Waals surface area contributed by atoms with Gasteiger partial charge in [-0.3, -0.25) is 9.20 Å². The van der Waals surface area contributed by atoms with Gasteiger partial charge in [0.1, 0.15) is 16.0 Å². The average Bonchev–Trinajstić information content (AvgIpc) is 2.97. The summed E-state index contributed by atoms with van der Waals surface area (Å²) in [4.78, 5) is 13.7. The first-order valence-corrected chi connectivity index (χ1v) is 7.29. The minimum Gasteiger partial charge on any atom is -0.397 e. The third-order valence-electron chi connectivity index (χ3n) is 3.58. The van der Waals surface area contributed by atoms with E-state index in [2.05, 4.69) is 15.5 Å². The van der Waals surface area contributed by atoms with Crippen molar-refractivity contribution in [1.29, 1.82) is 0 Å². The first kappa shape index (κ1) is 11.7. The summed E-state index contributed by atoms with van der Waals surface area (Å²) in [5.74, 6) is -0.0770. The maximum atomic E-state index is 12.3. The Kier molecular flexibility index (Phi) is 2.29. The van der Waals surface area contributed by atoms with Crippen LogP contribution in [0.25, 0.3) is 15.9 Å². The van der Waals surface area contributed by atoms with Crippen molar-refractivity contribution in [2.75, 3.05) is 5.73 Å². The molecule has 0 bridgehead atoms. The molecule has 0 atom stereocenters. The number of rotatable bonds is 2. The van der Waals surface area contributed by atoms with Crippen LogP contribution < -0.4 is 11.1 Å². The normalized spacial score (nSPS) is 15.1. The summed E-state index contributed by atoms with van der Waals surface area (Å²) < 4.78 is 1.87. The maximum absolute atomic E-state index is 12.3. The van der Waals surface area contributed by atoms with Gasteiger partial charge in [0.05, 0.1) is 5.69 Å². The molecule has 1 aliphatic rings. The number of nitrogen functional groups attached to an aromatic ring is 1. The number of nitrogens with zero attached hydrogens (tertiary/aromatic N) is 3. The number of aromatic nitrogens is 3. The van der Waals surface area contributed by atoms with Crippen LogP contribution in [0.1, 0.15) is 28.1 Å². The molecule has 1 saturated carbocycles. The Balaban J connectivity index is 1.96. The highest BCUT2D eigenvalue weighted by atomic mass is 32.1. The number of thiophene rings is 1. The Hall–Kier alpha value is -2.15. The molecule has 1 fully saturated rings. The van der Waals surface area contributed by atoms with Crippen LogP contribution in [0, 0.1) is 6.92 Å². The minimum atomic E-state index is -0.0770. The van der Waals surface area contributed by atoms with E-state index in [-0.39, 0.29) is 5.91 Å². The molecule has 3 N–H and O–H groups in total. The Morgan fingerprint density at radius 2 is 2.35 bits per heavy atom. The van der Waals surface area contributed by atoms with Crippen LogP contribution in [0.4, 0.5) is 5.69 Å². The van der Waals surface area contributed by atoms with E-state index in [0.717, 1.165) is 34.3 Å². The van der Waals surface area contributed by atoms with Gasteiger partial charge >= 0.3 is 0 Å². The lowest BCUT2D eigenvalue weighted by molar-refractivity contribution is 0.0956. The fraction of sp³-hybridized carbons (Fsp3) is 0.308. The SMILES string of the molecule is Cc1cc2nncn2c2sc(C(=O)NC3CC3)c(N)c12. The van der Waals surface area contributed by atoms with E-state index < -0.39 is 0 Å². The van der Waals surface area contributed by atoms with Crippen LogP contribution in [-0.4, -0.2) is 26.5 Å². The second-order valence-electron chi connectivity index (χ2n) is 5.16. The summed E-state index contributed by atoms with van der Waals surface area (Å²) in [7, 11) is 0. The molecule has 3 aromatic rings. The highest BCUT2D eigenvalue weighted by Gasteiger charge is 2.27. The fourth-order valence-electron chi connectivity index (χ4n) is 2.39. The topological polar surface area (TPSA) is 85.3 Å². The Bertz CT molecular complexity index is 845. The number of aryl methyl sites for hydroxylation is 1. The van der Waals surface area contributed by atoms with Crippen molar-refractivity contribution in [3.63, 3.8) is 0 Å². The number of amides is 1. The van der Waals surface area contributed by atoms with Gasteiger partial charge in [-0.05, 0) is 31.4 Å². The van der Waals surface area contributed by atoms with Crippen LogP contribution >= 0.6 is 11.3 Å². The molecule has 0 spiro atoms. The summed E-state index contributed by atoms with van der Waals surface area (Å²) in [6.07, 6.45) is 3.77. The zero-order valence-electron chi connectivity index (χ0n) is 10.9. The van der Waals surface area contributed by atoms with Gasteiger partial charge in [0.15, 0.2) is 5.65 Å². The summed E-state index contributed by atoms with van der Waals surface area (Å²) in [5, 5.41) is 11.9. The number of nitrogens with one attached hydrogen (secondary N) is 1. The van der Waals surface area contributed by atoms with Gasteiger partial charge in [-0.1, -0.05) is 0 Å². The number of anilines is 1. The number of fused-ring (bicyclic) bond motifs is 3. The molecule has 0 saturated heterocycles. The Labute approximate surface area is 118 Å². The molecule has 1 amide bonds. The van der Waals surface area contributed by atoms with Crippen LogP contribution in [-0.2, 0) is 0 Å². The van der Waals surface area contributed by atoms with Gasteiger partial charge in [-0.15, -0.1) is 21.5 Å². The number of hydrogen-bond acceptors (Lipinski definition) is 5. The van der Waals surface area contributed by atoms with Crippen molar-refractivity contribution in [3.8, 4) is 0 Å². The molecule has 0 unspecified atom stereocenters. The van der Waals surface area contributed by atoms with E-state index >= 15 is 0 Å². The largest absolute Gasteiger partial charge is 0.397 e. The zero-order chi connectivity index (χ0) is 13.9. The number of nitrogens with two attached hydrogens (primary N) is 1. The summed E-state index contributed by atoms with van der Waals surface area (Å²) in [6.45, 7) is 1.97. The summed E-state index contributed by atoms with van der Waals surface area (Å²) >= 11 is 1.40. The standard InChI is InChI=1S/C13H13N5OS/c1-6-4-8-17-15-5-18(8)13-9(6)10(14)11(20-13)12(19)16-7-2-3-7/h4-5,7H,2-3,14H2,1H3,(H,16,19). The monoisotopic (exact) mass is 287 g/mol. The molecule has 0 aromatic carbocycles. The maximum Gasteiger partial charge on any atom is 0.263 e.